The maximum Gasteiger partial charge on any atom is 0.138 e. The van der Waals surface area contributed by atoms with Gasteiger partial charge >= 0.3 is 0 Å². The number of hydrogen-bond acceptors (Lipinski definition) is 4. The van der Waals surface area contributed by atoms with Crippen LogP contribution in [-0.2, 0) is 0 Å². The lowest BCUT2D eigenvalue weighted by atomic mass is 10.0. The summed E-state index contributed by atoms with van der Waals surface area (Å²) in [6.07, 6.45) is 3.43. The van der Waals surface area contributed by atoms with Gasteiger partial charge in [0.2, 0.25) is 0 Å². The Morgan fingerprint density at radius 3 is 2.61 bits per heavy atom. The van der Waals surface area contributed by atoms with Crippen molar-refractivity contribution in [1.82, 2.24) is 4.98 Å². The van der Waals surface area contributed by atoms with E-state index in [-0.39, 0.29) is 12.1 Å². The van der Waals surface area contributed by atoms with Gasteiger partial charge in [-0.3, -0.25) is 4.98 Å². The van der Waals surface area contributed by atoms with Crippen LogP contribution in [0.2, 0.25) is 0 Å². The highest BCUT2D eigenvalue weighted by molar-refractivity contribution is 7.94. The molecule has 3 rings (SSSR count). The van der Waals surface area contributed by atoms with Crippen LogP contribution in [0.3, 0.4) is 0 Å². The molecule has 0 bridgehead atoms. The quantitative estimate of drug-likeness (QED) is 0.602. The van der Waals surface area contributed by atoms with Crippen LogP contribution < -0.4 is 9.47 Å². The lowest BCUT2D eigenvalue weighted by Gasteiger charge is -2.08. The SMILES string of the molecule is COc1ccc2cc(-c3cncc(OCCSF)c3)ccc2c1. The molecule has 0 fully saturated rings. The van der Waals surface area contributed by atoms with Gasteiger partial charge in [0.15, 0.2) is 0 Å². The molecule has 0 aliphatic heterocycles. The maximum absolute atomic E-state index is 12.1. The fraction of sp³-hybridized carbons (Fsp3) is 0.167. The Balaban J connectivity index is 1.89. The molecule has 2 aromatic carbocycles. The number of nitrogens with zero attached hydrogens (tertiary/aromatic N) is 1. The number of ether oxygens (including phenoxy) is 2. The van der Waals surface area contributed by atoms with Gasteiger partial charge in [0.1, 0.15) is 11.5 Å². The minimum absolute atomic E-state index is 0.270. The molecule has 1 aromatic heterocycles. The third-order valence-corrected chi connectivity index (χ3v) is 3.84. The number of methoxy groups -OCH3 is 1. The summed E-state index contributed by atoms with van der Waals surface area (Å²) in [4.78, 5) is 4.20. The molecule has 118 valence electrons. The molecule has 0 atom stereocenters. The van der Waals surface area contributed by atoms with Crippen LogP contribution in [0.25, 0.3) is 21.9 Å². The second-order valence-corrected chi connectivity index (χ2v) is 5.63. The van der Waals surface area contributed by atoms with E-state index >= 15 is 0 Å². The Morgan fingerprint density at radius 2 is 1.78 bits per heavy atom. The highest BCUT2D eigenvalue weighted by Crippen LogP contribution is 2.28. The van der Waals surface area contributed by atoms with Crippen molar-refractivity contribution in [2.24, 2.45) is 0 Å². The van der Waals surface area contributed by atoms with E-state index in [9.17, 15) is 3.89 Å². The minimum Gasteiger partial charge on any atom is -0.497 e. The molecule has 0 spiro atoms. The lowest BCUT2D eigenvalue weighted by Crippen LogP contribution is -1.99. The summed E-state index contributed by atoms with van der Waals surface area (Å²) in [6, 6.07) is 14.1. The lowest BCUT2D eigenvalue weighted by molar-refractivity contribution is 0.342. The zero-order valence-electron chi connectivity index (χ0n) is 12.7. The fourth-order valence-corrected chi connectivity index (χ4v) is 2.52. The van der Waals surface area contributed by atoms with E-state index < -0.39 is 0 Å². The normalized spacial score (nSPS) is 10.7. The average Bonchev–Trinajstić information content (AvgIpc) is 2.61. The molecule has 0 unspecified atom stereocenters. The van der Waals surface area contributed by atoms with Crippen molar-refractivity contribution in [3.63, 3.8) is 0 Å². The van der Waals surface area contributed by atoms with E-state index in [0.717, 1.165) is 27.6 Å². The summed E-state index contributed by atoms with van der Waals surface area (Å²) in [5.41, 5.74) is 2.02. The summed E-state index contributed by atoms with van der Waals surface area (Å²) in [7, 11) is 1.66. The Bertz CT molecular complexity index is 810. The van der Waals surface area contributed by atoms with E-state index in [0.29, 0.717) is 18.1 Å². The monoisotopic (exact) mass is 329 g/mol. The molecular weight excluding hydrogens is 313 g/mol. The van der Waals surface area contributed by atoms with Crippen molar-refractivity contribution < 1.29 is 13.4 Å². The minimum atomic E-state index is 0.270. The van der Waals surface area contributed by atoms with Crippen molar-refractivity contribution in [2.45, 2.75) is 0 Å². The van der Waals surface area contributed by atoms with Crippen molar-refractivity contribution >= 4 is 22.9 Å². The van der Waals surface area contributed by atoms with Crippen LogP contribution in [0, 0.1) is 0 Å². The molecular formula is C18H16FNO2S. The van der Waals surface area contributed by atoms with Gasteiger partial charge in [-0.05, 0) is 40.6 Å². The summed E-state index contributed by atoms with van der Waals surface area (Å²) in [5, 5.41) is 2.25. The van der Waals surface area contributed by atoms with Crippen LogP contribution >= 0.6 is 12.1 Å². The van der Waals surface area contributed by atoms with Gasteiger partial charge < -0.3 is 9.47 Å². The van der Waals surface area contributed by atoms with E-state index in [2.05, 4.69) is 17.1 Å². The van der Waals surface area contributed by atoms with Gasteiger partial charge in [0, 0.05) is 23.9 Å². The first kappa shape index (κ1) is 15.6. The summed E-state index contributed by atoms with van der Waals surface area (Å²) >= 11 is 0.270. The Kier molecular flexibility index (Phi) is 4.98. The standard InChI is InChI=1S/C18H16FNO2S/c1-21-17-5-4-13-8-14(2-3-15(13)9-17)16-10-18(12-20-11-16)22-6-7-23-19/h2-5,8-12H,6-7H2,1H3. The number of halogens is 1. The molecule has 0 saturated carbocycles. The van der Waals surface area contributed by atoms with Gasteiger partial charge in [-0.15, -0.1) is 0 Å². The van der Waals surface area contributed by atoms with Crippen LogP contribution in [0.5, 0.6) is 11.5 Å². The summed E-state index contributed by atoms with van der Waals surface area (Å²) in [6.45, 7) is 0.323. The molecule has 5 heteroatoms. The number of aromatic nitrogens is 1. The second kappa shape index (κ2) is 7.33. The van der Waals surface area contributed by atoms with E-state index in [1.54, 1.807) is 19.5 Å². The highest BCUT2D eigenvalue weighted by atomic mass is 32.2. The number of fused-ring (bicyclic) bond motifs is 1. The predicted octanol–water partition coefficient (Wildman–Crippen LogP) is 4.91. The zero-order valence-corrected chi connectivity index (χ0v) is 13.5. The second-order valence-electron chi connectivity index (χ2n) is 5.00. The largest absolute Gasteiger partial charge is 0.497 e. The first-order valence-corrected chi connectivity index (χ1v) is 8.08. The number of hydrogen-bond donors (Lipinski definition) is 0. The van der Waals surface area contributed by atoms with Crippen molar-refractivity contribution in [3.8, 4) is 22.6 Å². The van der Waals surface area contributed by atoms with Crippen LogP contribution in [0.4, 0.5) is 3.89 Å². The third kappa shape index (κ3) is 3.74. The van der Waals surface area contributed by atoms with Crippen molar-refractivity contribution in [3.05, 3.63) is 54.9 Å². The third-order valence-electron chi connectivity index (χ3n) is 3.52. The van der Waals surface area contributed by atoms with E-state index in [4.69, 9.17) is 9.47 Å². The average molecular weight is 329 g/mol. The first-order chi connectivity index (χ1) is 11.3. The number of rotatable bonds is 6. The zero-order chi connectivity index (χ0) is 16.1. The number of pyridine rings is 1. The van der Waals surface area contributed by atoms with Gasteiger partial charge in [0.05, 0.1) is 25.7 Å². The topological polar surface area (TPSA) is 31.4 Å². The molecule has 1 heterocycles. The van der Waals surface area contributed by atoms with Crippen molar-refractivity contribution in [2.75, 3.05) is 19.5 Å². The Labute approximate surface area is 138 Å². The van der Waals surface area contributed by atoms with E-state index in [1.807, 2.05) is 30.3 Å². The van der Waals surface area contributed by atoms with Gasteiger partial charge in [-0.2, -0.15) is 3.89 Å². The molecule has 0 amide bonds. The highest BCUT2D eigenvalue weighted by Gasteiger charge is 2.04. The summed E-state index contributed by atoms with van der Waals surface area (Å²) < 4.78 is 22.8. The van der Waals surface area contributed by atoms with Crippen LogP contribution in [0.15, 0.2) is 54.9 Å². The Morgan fingerprint density at radius 1 is 0.957 bits per heavy atom. The fourth-order valence-electron chi connectivity index (χ4n) is 2.38. The molecule has 0 aliphatic carbocycles. The molecule has 0 aliphatic rings. The van der Waals surface area contributed by atoms with Gasteiger partial charge in [-0.25, -0.2) is 0 Å². The maximum atomic E-state index is 12.1. The van der Waals surface area contributed by atoms with Crippen LogP contribution in [0.1, 0.15) is 0 Å². The molecule has 0 saturated heterocycles. The molecule has 3 aromatic rings. The molecule has 0 N–H and O–H groups in total. The van der Waals surface area contributed by atoms with Gasteiger partial charge in [-0.1, -0.05) is 18.2 Å². The van der Waals surface area contributed by atoms with Crippen molar-refractivity contribution in [1.29, 1.82) is 0 Å². The molecule has 0 radical (unpaired) electrons. The Hall–Kier alpha value is -2.27. The van der Waals surface area contributed by atoms with E-state index in [1.165, 1.54) is 0 Å². The molecule has 23 heavy (non-hydrogen) atoms. The molecule has 3 nitrogen and oxygen atoms in total. The van der Waals surface area contributed by atoms with Gasteiger partial charge in [0.25, 0.3) is 0 Å². The van der Waals surface area contributed by atoms with Crippen LogP contribution in [-0.4, -0.2) is 24.5 Å². The first-order valence-electron chi connectivity index (χ1n) is 7.20. The predicted molar refractivity (Wildman–Crippen MR) is 92.8 cm³/mol. The number of benzene rings is 2. The summed E-state index contributed by atoms with van der Waals surface area (Å²) in [5.74, 6) is 1.79. The smallest absolute Gasteiger partial charge is 0.138 e.